The van der Waals surface area contributed by atoms with Crippen LogP contribution in [0.25, 0.3) is 10.9 Å². The Morgan fingerprint density at radius 3 is 2.47 bits per heavy atom. The first-order valence-corrected chi connectivity index (χ1v) is 9.09. The van der Waals surface area contributed by atoms with Crippen LogP contribution >= 0.6 is 0 Å². The van der Waals surface area contributed by atoms with E-state index in [0.717, 1.165) is 12.1 Å². The van der Waals surface area contributed by atoms with Crippen molar-refractivity contribution in [2.24, 2.45) is 0 Å². The molecule has 0 saturated carbocycles. The number of aromatic nitrogens is 2. The van der Waals surface area contributed by atoms with Crippen molar-refractivity contribution in [3.8, 4) is 0 Å². The average Bonchev–Trinajstić information content (AvgIpc) is 2.77. The number of carbonyl (C=O) groups is 2. The number of ketones is 1. The van der Waals surface area contributed by atoms with Crippen LogP contribution in [-0.2, 0) is 0 Å². The van der Waals surface area contributed by atoms with Gasteiger partial charge in [-0.15, -0.1) is 0 Å². The minimum atomic E-state index is -1.70. The van der Waals surface area contributed by atoms with E-state index in [1.807, 2.05) is 5.32 Å². The van der Waals surface area contributed by atoms with E-state index in [1.165, 1.54) is 42.9 Å². The smallest absolute Gasteiger partial charge is 0.308 e. The van der Waals surface area contributed by atoms with E-state index in [0.29, 0.717) is 17.0 Å². The Morgan fingerprint density at radius 1 is 0.875 bits per heavy atom. The molecule has 0 unspecified atom stereocenters. The number of nitrogens with zero attached hydrogens (tertiary/aromatic N) is 2. The number of halogens is 4. The van der Waals surface area contributed by atoms with Crippen molar-refractivity contribution in [2.45, 2.75) is 0 Å². The molecule has 0 spiro atoms. The minimum absolute atomic E-state index is 0.0418. The van der Waals surface area contributed by atoms with Crippen LogP contribution in [0.1, 0.15) is 15.9 Å². The quantitative estimate of drug-likeness (QED) is 0.264. The summed E-state index contributed by atoms with van der Waals surface area (Å²) in [6, 6.07) is 8.23. The van der Waals surface area contributed by atoms with Crippen molar-refractivity contribution in [1.82, 2.24) is 9.97 Å². The van der Waals surface area contributed by atoms with Crippen molar-refractivity contribution >= 4 is 34.1 Å². The Kier molecular flexibility index (Phi) is 5.50. The number of amides is 2. The van der Waals surface area contributed by atoms with Gasteiger partial charge in [0.15, 0.2) is 23.2 Å². The molecule has 160 valence electrons. The van der Waals surface area contributed by atoms with Crippen LogP contribution in [0.3, 0.4) is 0 Å². The minimum Gasteiger partial charge on any atom is -0.308 e. The Morgan fingerprint density at radius 2 is 1.69 bits per heavy atom. The molecular weight excluding hydrogens is 428 g/mol. The molecule has 4 aromatic rings. The van der Waals surface area contributed by atoms with Gasteiger partial charge in [0, 0.05) is 28.9 Å². The fraction of sp³-hybridized carbons (Fsp3) is 0. The van der Waals surface area contributed by atoms with Gasteiger partial charge in [-0.2, -0.15) is 0 Å². The lowest BCUT2D eigenvalue weighted by Crippen LogP contribution is -2.22. The number of rotatable bonds is 4. The third-order valence-electron chi connectivity index (χ3n) is 4.48. The zero-order valence-electron chi connectivity index (χ0n) is 16.0. The molecule has 10 heteroatoms. The molecule has 0 radical (unpaired) electrons. The molecule has 2 amide bonds. The fourth-order valence-corrected chi connectivity index (χ4v) is 3.02. The number of fused-ring (bicyclic) bond motifs is 1. The molecule has 1 heterocycles. The number of carbonyl (C=O) groups excluding carboxylic acids is 2. The van der Waals surface area contributed by atoms with Gasteiger partial charge in [0.2, 0.25) is 0 Å². The number of nitrogens with one attached hydrogen (secondary N) is 2. The third kappa shape index (κ3) is 4.10. The molecule has 4 rings (SSSR count). The van der Waals surface area contributed by atoms with Crippen LogP contribution in [0.4, 0.5) is 33.7 Å². The van der Waals surface area contributed by atoms with Crippen LogP contribution < -0.4 is 10.6 Å². The lowest BCUT2D eigenvalue weighted by molar-refractivity contribution is 0.103. The number of anilines is 2. The Bertz CT molecular complexity index is 1380. The Hall–Kier alpha value is -4.34. The summed E-state index contributed by atoms with van der Waals surface area (Å²) in [5.74, 6) is -6.48. The molecule has 0 bridgehead atoms. The highest BCUT2D eigenvalue weighted by atomic mass is 19.2. The molecule has 0 aliphatic heterocycles. The lowest BCUT2D eigenvalue weighted by atomic mass is 10.00. The summed E-state index contributed by atoms with van der Waals surface area (Å²) in [4.78, 5) is 32.7. The van der Waals surface area contributed by atoms with Gasteiger partial charge in [-0.1, -0.05) is 6.07 Å². The molecular formula is C22H12F4N4O2. The predicted molar refractivity (Wildman–Crippen MR) is 108 cm³/mol. The van der Waals surface area contributed by atoms with E-state index >= 15 is 0 Å². The van der Waals surface area contributed by atoms with Gasteiger partial charge in [-0.3, -0.25) is 4.79 Å². The van der Waals surface area contributed by atoms with Gasteiger partial charge in [0.05, 0.1) is 16.8 Å². The standard InChI is InChI=1S/C22H12F4N4O2/c23-13-2-1-3-14(7-13)29-22(32)30-17-8-15(24)19(25)18(20(17)26)21(31)11-4-5-16-12(6-11)9-27-10-28-16/h1-10H,(H2,29,30,32). The predicted octanol–water partition coefficient (Wildman–Crippen LogP) is 5.06. The number of hydrogen-bond donors (Lipinski definition) is 2. The van der Waals surface area contributed by atoms with E-state index < -0.39 is 46.3 Å². The molecule has 0 atom stereocenters. The summed E-state index contributed by atoms with van der Waals surface area (Å²) in [6.07, 6.45) is 2.70. The summed E-state index contributed by atoms with van der Waals surface area (Å²) in [5, 5.41) is 4.65. The van der Waals surface area contributed by atoms with Gasteiger partial charge in [0.25, 0.3) is 0 Å². The molecule has 0 fully saturated rings. The zero-order chi connectivity index (χ0) is 22.8. The number of hydrogen-bond acceptors (Lipinski definition) is 4. The Labute approximate surface area is 177 Å². The fourth-order valence-electron chi connectivity index (χ4n) is 3.02. The summed E-state index contributed by atoms with van der Waals surface area (Å²) < 4.78 is 56.7. The second-order valence-corrected chi connectivity index (χ2v) is 6.62. The van der Waals surface area contributed by atoms with Crippen molar-refractivity contribution in [1.29, 1.82) is 0 Å². The second kappa shape index (κ2) is 8.42. The summed E-state index contributed by atoms with van der Waals surface area (Å²) in [5.41, 5.74) is -1.55. The van der Waals surface area contributed by atoms with E-state index in [4.69, 9.17) is 0 Å². The maximum atomic E-state index is 15.0. The molecule has 3 aromatic carbocycles. The first kappa shape index (κ1) is 20.9. The first-order valence-electron chi connectivity index (χ1n) is 9.09. The van der Waals surface area contributed by atoms with E-state index in [9.17, 15) is 27.2 Å². The van der Waals surface area contributed by atoms with Crippen molar-refractivity contribution in [3.05, 3.63) is 95.5 Å². The molecule has 1 aromatic heterocycles. The summed E-state index contributed by atoms with van der Waals surface area (Å²) in [7, 11) is 0. The highest BCUT2D eigenvalue weighted by Crippen LogP contribution is 2.27. The van der Waals surface area contributed by atoms with Crippen molar-refractivity contribution in [3.63, 3.8) is 0 Å². The third-order valence-corrected chi connectivity index (χ3v) is 4.48. The molecule has 2 N–H and O–H groups in total. The maximum Gasteiger partial charge on any atom is 0.323 e. The van der Waals surface area contributed by atoms with E-state index in [2.05, 4.69) is 15.3 Å². The molecule has 6 nitrogen and oxygen atoms in total. The van der Waals surface area contributed by atoms with Crippen LogP contribution in [0.15, 0.2) is 61.1 Å². The Balaban J connectivity index is 1.66. The summed E-state index contributed by atoms with van der Waals surface area (Å²) in [6.45, 7) is 0. The van der Waals surface area contributed by atoms with Gasteiger partial charge in [-0.25, -0.2) is 32.3 Å². The topological polar surface area (TPSA) is 84.0 Å². The SMILES string of the molecule is O=C(Nc1cccc(F)c1)Nc1cc(F)c(F)c(C(=O)c2ccc3ncncc3c2)c1F. The molecule has 32 heavy (non-hydrogen) atoms. The lowest BCUT2D eigenvalue weighted by Gasteiger charge is -2.12. The monoisotopic (exact) mass is 440 g/mol. The van der Waals surface area contributed by atoms with Gasteiger partial charge >= 0.3 is 6.03 Å². The zero-order valence-corrected chi connectivity index (χ0v) is 16.0. The van der Waals surface area contributed by atoms with Crippen LogP contribution in [-0.4, -0.2) is 21.8 Å². The average molecular weight is 440 g/mol. The first-order chi connectivity index (χ1) is 15.3. The van der Waals surface area contributed by atoms with Gasteiger partial charge in [0.1, 0.15) is 12.1 Å². The molecule has 0 aliphatic carbocycles. The number of urea groups is 1. The highest BCUT2D eigenvalue weighted by molar-refractivity contribution is 6.11. The summed E-state index contributed by atoms with van der Waals surface area (Å²) >= 11 is 0. The van der Waals surface area contributed by atoms with Crippen LogP contribution in [0.2, 0.25) is 0 Å². The van der Waals surface area contributed by atoms with Gasteiger partial charge < -0.3 is 10.6 Å². The van der Waals surface area contributed by atoms with Crippen molar-refractivity contribution < 1.29 is 27.2 Å². The largest absolute Gasteiger partial charge is 0.323 e. The molecule has 0 saturated heterocycles. The van der Waals surface area contributed by atoms with Crippen molar-refractivity contribution in [2.75, 3.05) is 10.6 Å². The second-order valence-electron chi connectivity index (χ2n) is 6.62. The van der Waals surface area contributed by atoms with E-state index in [1.54, 1.807) is 0 Å². The van der Waals surface area contributed by atoms with Crippen LogP contribution in [0.5, 0.6) is 0 Å². The maximum absolute atomic E-state index is 15.0. The van der Waals surface area contributed by atoms with E-state index in [-0.39, 0.29) is 11.3 Å². The van der Waals surface area contributed by atoms with Crippen LogP contribution in [0, 0.1) is 23.3 Å². The highest BCUT2D eigenvalue weighted by Gasteiger charge is 2.26. The van der Waals surface area contributed by atoms with Gasteiger partial charge in [-0.05, 0) is 36.4 Å². The number of benzene rings is 3. The molecule has 0 aliphatic rings. The normalized spacial score (nSPS) is 10.8.